The molecule has 4 heteroatoms. The van der Waals surface area contributed by atoms with Gasteiger partial charge in [-0.2, -0.15) is 0 Å². The van der Waals surface area contributed by atoms with Gasteiger partial charge < -0.3 is 14.2 Å². The van der Waals surface area contributed by atoms with Crippen LogP contribution in [0.3, 0.4) is 0 Å². The molecule has 2 fully saturated rings. The van der Waals surface area contributed by atoms with E-state index in [-0.39, 0.29) is 5.97 Å². The Morgan fingerprint density at radius 2 is 2.19 bits per heavy atom. The first-order valence-corrected chi connectivity index (χ1v) is 5.94. The van der Waals surface area contributed by atoms with Crippen molar-refractivity contribution in [2.75, 3.05) is 13.2 Å². The molecule has 1 saturated heterocycles. The van der Waals surface area contributed by atoms with Crippen LogP contribution >= 0.6 is 0 Å². The molecule has 1 spiro atoms. The van der Waals surface area contributed by atoms with Gasteiger partial charge in [0.25, 0.3) is 0 Å². The minimum absolute atomic E-state index is 0.353. The van der Waals surface area contributed by atoms with Crippen molar-refractivity contribution in [3.05, 3.63) is 11.8 Å². The normalized spacial score (nSPS) is 25.7. The Bertz CT molecular complexity index is 289. The van der Waals surface area contributed by atoms with Gasteiger partial charge >= 0.3 is 5.97 Å². The van der Waals surface area contributed by atoms with E-state index in [0.717, 1.165) is 25.7 Å². The Labute approximate surface area is 95.6 Å². The SMILES string of the molecule is CCOC(=O)C=C1COC2(CCCCC2)O1. The zero-order chi connectivity index (χ0) is 11.4. The average Bonchev–Trinajstić information content (AvgIpc) is 2.63. The van der Waals surface area contributed by atoms with Gasteiger partial charge in [-0.3, -0.25) is 0 Å². The molecule has 90 valence electrons. The molecule has 1 aliphatic heterocycles. The lowest BCUT2D eigenvalue weighted by Gasteiger charge is -2.30. The second kappa shape index (κ2) is 4.87. The number of rotatable bonds is 2. The zero-order valence-corrected chi connectivity index (χ0v) is 9.66. The molecule has 1 heterocycles. The van der Waals surface area contributed by atoms with Crippen LogP contribution in [0, 0.1) is 0 Å². The quantitative estimate of drug-likeness (QED) is 0.534. The summed E-state index contributed by atoms with van der Waals surface area (Å²) in [5.74, 6) is -0.203. The number of hydrogen-bond acceptors (Lipinski definition) is 4. The minimum atomic E-state index is -0.448. The van der Waals surface area contributed by atoms with Gasteiger partial charge in [0, 0.05) is 12.8 Å². The molecule has 2 rings (SSSR count). The maximum absolute atomic E-state index is 11.2. The molecule has 0 aromatic heterocycles. The Kier molecular flexibility index (Phi) is 3.49. The van der Waals surface area contributed by atoms with Crippen LogP contribution in [-0.4, -0.2) is 25.0 Å². The van der Waals surface area contributed by atoms with E-state index in [1.165, 1.54) is 12.5 Å². The van der Waals surface area contributed by atoms with Crippen molar-refractivity contribution < 1.29 is 19.0 Å². The average molecular weight is 226 g/mol. The minimum Gasteiger partial charge on any atom is -0.464 e. The zero-order valence-electron chi connectivity index (χ0n) is 9.66. The lowest BCUT2D eigenvalue weighted by molar-refractivity contribution is -0.168. The molecule has 0 bridgehead atoms. The lowest BCUT2D eigenvalue weighted by atomic mass is 9.94. The van der Waals surface area contributed by atoms with Crippen molar-refractivity contribution in [3.63, 3.8) is 0 Å². The summed E-state index contributed by atoms with van der Waals surface area (Å²) in [5, 5.41) is 0. The highest BCUT2D eigenvalue weighted by molar-refractivity contribution is 5.82. The van der Waals surface area contributed by atoms with Gasteiger partial charge in [-0.15, -0.1) is 0 Å². The molecular weight excluding hydrogens is 208 g/mol. The molecule has 0 radical (unpaired) electrons. The Balaban J connectivity index is 1.93. The van der Waals surface area contributed by atoms with Crippen molar-refractivity contribution in [3.8, 4) is 0 Å². The summed E-state index contributed by atoms with van der Waals surface area (Å²) in [5.41, 5.74) is 0. The van der Waals surface area contributed by atoms with Gasteiger partial charge in [0.2, 0.25) is 5.79 Å². The number of carbonyl (C=O) groups excluding carboxylic acids is 1. The van der Waals surface area contributed by atoms with Crippen LogP contribution in [0.4, 0.5) is 0 Å². The molecule has 0 aromatic carbocycles. The third-order valence-electron chi connectivity index (χ3n) is 2.98. The van der Waals surface area contributed by atoms with E-state index in [1.54, 1.807) is 6.92 Å². The third kappa shape index (κ3) is 2.55. The molecule has 0 aromatic rings. The molecule has 0 atom stereocenters. The van der Waals surface area contributed by atoms with Crippen molar-refractivity contribution in [2.45, 2.75) is 44.8 Å². The number of hydrogen-bond donors (Lipinski definition) is 0. The summed E-state index contributed by atoms with van der Waals surface area (Å²) >= 11 is 0. The molecule has 2 aliphatic rings. The molecule has 0 N–H and O–H groups in total. The van der Waals surface area contributed by atoms with Gasteiger partial charge in [0.05, 0.1) is 12.7 Å². The van der Waals surface area contributed by atoms with E-state index in [9.17, 15) is 4.79 Å². The maximum atomic E-state index is 11.2. The summed E-state index contributed by atoms with van der Waals surface area (Å²) < 4.78 is 16.2. The van der Waals surface area contributed by atoms with Crippen LogP contribution in [0.25, 0.3) is 0 Å². The van der Waals surface area contributed by atoms with E-state index in [0.29, 0.717) is 19.0 Å². The van der Waals surface area contributed by atoms with Gasteiger partial charge in [0.15, 0.2) is 0 Å². The van der Waals surface area contributed by atoms with Crippen LogP contribution in [0.5, 0.6) is 0 Å². The number of esters is 1. The van der Waals surface area contributed by atoms with Gasteiger partial charge in [-0.1, -0.05) is 6.42 Å². The molecule has 16 heavy (non-hydrogen) atoms. The summed E-state index contributed by atoms with van der Waals surface area (Å²) in [7, 11) is 0. The third-order valence-corrected chi connectivity index (χ3v) is 2.98. The van der Waals surface area contributed by atoms with E-state index in [2.05, 4.69) is 0 Å². The van der Waals surface area contributed by atoms with Gasteiger partial charge in [0.1, 0.15) is 12.4 Å². The maximum Gasteiger partial charge on any atom is 0.334 e. The van der Waals surface area contributed by atoms with Gasteiger partial charge in [-0.25, -0.2) is 4.79 Å². The standard InChI is InChI=1S/C12H18O4/c1-2-14-11(13)8-10-9-15-12(16-10)6-4-3-5-7-12/h8H,2-7,9H2,1H3. The topological polar surface area (TPSA) is 44.8 Å². The van der Waals surface area contributed by atoms with Crippen LogP contribution in [0.15, 0.2) is 11.8 Å². The predicted molar refractivity (Wildman–Crippen MR) is 57.6 cm³/mol. The Morgan fingerprint density at radius 1 is 1.44 bits per heavy atom. The first kappa shape index (κ1) is 11.5. The van der Waals surface area contributed by atoms with Crippen LogP contribution in [0.1, 0.15) is 39.0 Å². The molecule has 1 aliphatic carbocycles. The van der Waals surface area contributed by atoms with Crippen LogP contribution in [0.2, 0.25) is 0 Å². The molecule has 4 nitrogen and oxygen atoms in total. The fourth-order valence-corrected chi connectivity index (χ4v) is 2.22. The first-order chi connectivity index (χ1) is 7.74. The fraction of sp³-hybridized carbons (Fsp3) is 0.750. The molecular formula is C12H18O4. The van der Waals surface area contributed by atoms with Crippen molar-refractivity contribution in [1.82, 2.24) is 0 Å². The monoisotopic (exact) mass is 226 g/mol. The Morgan fingerprint density at radius 3 is 2.88 bits per heavy atom. The second-order valence-corrected chi connectivity index (χ2v) is 4.22. The fourth-order valence-electron chi connectivity index (χ4n) is 2.22. The van der Waals surface area contributed by atoms with Gasteiger partial charge in [-0.05, 0) is 19.8 Å². The van der Waals surface area contributed by atoms with E-state index in [1.807, 2.05) is 0 Å². The summed E-state index contributed by atoms with van der Waals surface area (Å²) in [6.07, 6.45) is 6.75. The Hall–Kier alpha value is -1.03. The number of carbonyl (C=O) groups is 1. The molecule has 0 amide bonds. The van der Waals surface area contributed by atoms with Crippen molar-refractivity contribution in [1.29, 1.82) is 0 Å². The predicted octanol–water partition coefficient (Wildman–Crippen LogP) is 2.14. The highest BCUT2D eigenvalue weighted by Crippen LogP contribution is 2.38. The lowest BCUT2D eigenvalue weighted by Crippen LogP contribution is -2.32. The summed E-state index contributed by atoms with van der Waals surface area (Å²) in [6.45, 7) is 2.55. The van der Waals surface area contributed by atoms with E-state index >= 15 is 0 Å². The first-order valence-electron chi connectivity index (χ1n) is 5.94. The highest BCUT2D eigenvalue weighted by atomic mass is 16.7. The van der Waals surface area contributed by atoms with Crippen LogP contribution in [-0.2, 0) is 19.0 Å². The second-order valence-electron chi connectivity index (χ2n) is 4.22. The van der Waals surface area contributed by atoms with Crippen LogP contribution < -0.4 is 0 Å². The van der Waals surface area contributed by atoms with E-state index in [4.69, 9.17) is 14.2 Å². The summed E-state index contributed by atoms with van der Waals surface area (Å²) in [6, 6.07) is 0. The smallest absolute Gasteiger partial charge is 0.334 e. The molecule has 1 saturated carbocycles. The largest absolute Gasteiger partial charge is 0.464 e. The summed E-state index contributed by atoms with van der Waals surface area (Å²) in [4.78, 5) is 11.2. The molecule has 0 unspecified atom stereocenters. The number of ether oxygens (including phenoxy) is 3. The highest BCUT2D eigenvalue weighted by Gasteiger charge is 2.40. The van der Waals surface area contributed by atoms with E-state index < -0.39 is 5.79 Å². The van der Waals surface area contributed by atoms with Crippen molar-refractivity contribution in [2.24, 2.45) is 0 Å². The van der Waals surface area contributed by atoms with Crippen molar-refractivity contribution >= 4 is 5.97 Å².